The van der Waals surface area contributed by atoms with Gasteiger partial charge in [-0.3, -0.25) is 9.76 Å². The molecule has 168 valence electrons. The lowest BCUT2D eigenvalue weighted by Gasteiger charge is -2.14. The Hall–Kier alpha value is -3.98. The van der Waals surface area contributed by atoms with Crippen LogP contribution < -0.4 is 15.4 Å². The van der Waals surface area contributed by atoms with Crippen LogP contribution in [0.15, 0.2) is 84.0 Å². The highest BCUT2D eigenvalue weighted by Gasteiger charge is 2.11. The van der Waals surface area contributed by atoms with Crippen LogP contribution in [0.3, 0.4) is 0 Å². The van der Waals surface area contributed by atoms with Crippen molar-refractivity contribution in [3.05, 3.63) is 84.8 Å². The fourth-order valence-corrected chi connectivity index (χ4v) is 3.68. The van der Waals surface area contributed by atoms with Crippen molar-refractivity contribution in [2.75, 3.05) is 17.2 Å². The zero-order valence-corrected chi connectivity index (χ0v) is 18.9. The maximum absolute atomic E-state index is 11.5. The molecule has 33 heavy (non-hydrogen) atoms. The summed E-state index contributed by atoms with van der Waals surface area (Å²) in [6, 6.07) is 20.4. The molecule has 3 N–H and O–H groups in total. The summed E-state index contributed by atoms with van der Waals surface area (Å²) in [4.78, 5) is 14.0. The van der Waals surface area contributed by atoms with E-state index >= 15 is 0 Å². The Morgan fingerprint density at radius 2 is 1.88 bits per heavy atom. The third kappa shape index (κ3) is 5.83. The second-order valence-electron chi connectivity index (χ2n) is 7.06. The average molecular weight is 461 g/mol. The molecule has 9 heteroatoms. The molecule has 2 aromatic heterocycles. The van der Waals surface area contributed by atoms with E-state index in [2.05, 4.69) is 25.6 Å². The molecule has 8 nitrogen and oxygen atoms in total. The SMILES string of the molecule is CCOc1ccc(-c2cnc(Nc3cccc([SH](=N)=O)c3)nc2NCc2ccccn2)cc1. The average Bonchev–Trinajstić information content (AvgIpc) is 2.84. The van der Waals surface area contributed by atoms with Crippen molar-refractivity contribution in [1.82, 2.24) is 15.0 Å². The number of hydrogen-bond donors (Lipinski definition) is 4. The minimum atomic E-state index is -2.18. The van der Waals surface area contributed by atoms with E-state index < -0.39 is 10.6 Å². The molecular formula is C24H24N6O2S. The van der Waals surface area contributed by atoms with Crippen LogP contribution in [-0.2, 0) is 17.1 Å². The van der Waals surface area contributed by atoms with Gasteiger partial charge in [0, 0.05) is 28.5 Å². The number of pyridine rings is 1. The molecule has 2 heterocycles. The zero-order valence-electron chi connectivity index (χ0n) is 18.0. The quantitative estimate of drug-likeness (QED) is 0.263. The first-order valence-electron chi connectivity index (χ1n) is 10.4. The fourth-order valence-electron chi connectivity index (χ4n) is 3.20. The molecular weight excluding hydrogens is 436 g/mol. The molecule has 4 rings (SSSR count). The Morgan fingerprint density at radius 3 is 2.61 bits per heavy atom. The highest BCUT2D eigenvalue weighted by atomic mass is 32.2. The van der Waals surface area contributed by atoms with Crippen molar-refractivity contribution in [3.63, 3.8) is 0 Å². The van der Waals surface area contributed by atoms with Gasteiger partial charge in [-0.15, -0.1) is 0 Å². The molecule has 0 radical (unpaired) electrons. The van der Waals surface area contributed by atoms with Crippen molar-refractivity contribution in [3.8, 4) is 16.9 Å². The molecule has 0 aliphatic rings. The normalized spacial score (nSPS) is 11.5. The Labute approximate surface area is 194 Å². The first kappa shape index (κ1) is 22.2. The molecule has 0 amide bonds. The third-order valence-electron chi connectivity index (χ3n) is 4.76. The maximum atomic E-state index is 11.5. The summed E-state index contributed by atoms with van der Waals surface area (Å²) in [5, 5.41) is 6.49. The number of aromatic nitrogens is 3. The fraction of sp³-hybridized carbons (Fsp3) is 0.125. The van der Waals surface area contributed by atoms with Gasteiger partial charge < -0.3 is 15.4 Å². The van der Waals surface area contributed by atoms with Crippen molar-refractivity contribution in [1.29, 1.82) is 4.78 Å². The van der Waals surface area contributed by atoms with E-state index in [1.54, 1.807) is 30.6 Å². The van der Waals surface area contributed by atoms with Gasteiger partial charge in [-0.25, -0.2) is 9.19 Å². The molecule has 0 spiro atoms. The highest BCUT2D eigenvalue weighted by molar-refractivity contribution is 7.73. The number of ether oxygens (including phenoxy) is 1. The van der Waals surface area contributed by atoms with Crippen LogP contribution in [-0.4, -0.2) is 25.8 Å². The molecule has 0 saturated carbocycles. The second-order valence-corrected chi connectivity index (χ2v) is 8.16. The molecule has 4 aromatic rings. The first-order chi connectivity index (χ1) is 16.1. The molecule has 1 unspecified atom stereocenters. The van der Waals surface area contributed by atoms with Gasteiger partial charge in [-0.2, -0.15) is 4.98 Å². The summed E-state index contributed by atoms with van der Waals surface area (Å²) in [5.41, 5.74) is 3.33. The van der Waals surface area contributed by atoms with Gasteiger partial charge in [0.2, 0.25) is 5.95 Å². The molecule has 0 fully saturated rings. The van der Waals surface area contributed by atoms with Gasteiger partial charge in [0.1, 0.15) is 11.6 Å². The predicted octanol–water partition coefficient (Wildman–Crippen LogP) is 4.90. The molecule has 0 aliphatic carbocycles. The lowest BCUT2D eigenvalue weighted by Crippen LogP contribution is -2.07. The van der Waals surface area contributed by atoms with Crippen molar-refractivity contribution in [2.45, 2.75) is 18.4 Å². The van der Waals surface area contributed by atoms with Gasteiger partial charge >= 0.3 is 0 Å². The molecule has 0 bridgehead atoms. The van der Waals surface area contributed by atoms with Crippen LogP contribution in [0, 0.1) is 4.78 Å². The molecule has 2 aromatic carbocycles. The number of nitrogens with zero attached hydrogens (tertiary/aromatic N) is 3. The number of rotatable bonds is 9. The van der Waals surface area contributed by atoms with Crippen molar-refractivity contribution in [2.24, 2.45) is 0 Å². The Morgan fingerprint density at radius 1 is 1.03 bits per heavy atom. The summed E-state index contributed by atoms with van der Waals surface area (Å²) >= 11 is 0. The van der Waals surface area contributed by atoms with Crippen LogP contribution in [0.1, 0.15) is 12.6 Å². The van der Waals surface area contributed by atoms with Gasteiger partial charge in [0.05, 0.1) is 29.4 Å². The standard InChI is InChI=1S/C24H24N6O2S/c1-2-32-20-11-9-17(10-12-20)22-16-28-24(29-18-7-5-8-21(14-18)33(25)31)30-23(22)27-15-19-6-3-4-13-26-19/h3-14,16,25,33H,2,15H2,1H3,(H2,27,28,29,30). The summed E-state index contributed by atoms with van der Waals surface area (Å²) < 4.78 is 24.5. The number of hydrogen-bond acceptors (Lipinski definition) is 8. The summed E-state index contributed by atoms with van der Waals surface area (Å²) in [5.74, 6) is 1.83. The molecule has 0 aliphatic heterocycles. The highest BCUT2D eigenvalue weighted by Crippen LogP contribution is 2.29. The lowest BCUT2D eigenvalue weighted by molar-refractivity contribution is 0.340. The number of nitrogens with one attached hydrogen (secondary N) is 3. The van der Waals surface area contributed by atoms with Gasteiger partial charge in [-0.05, 0) is 55.0 Å². The van der Waals surface area contributed by atoms with E-state index in [-0.39, 0.29) is 0 Å². The van der Waals surface area contributed by atoms with Crippen molar-refractivity contribution >= 4 is 28.0 Å². The molecule has 1 atom stereocenters. The minimum Gasteiger partial charge on any atom is -0.494 e. The van der Waals surface area contributed by atoms with Crippen LogP contribution in [0.5, 0.6) is 5.75 Å². The smallest absolute Gasteiger partial charge is 0.229 e. The topological polar surface area (TPSA) is 113 Å². The van der Waals surface area contributed by atoms with Gasteiger partial charge in [0.25, 0.3) is 0 Å². The zero-order chi connectivity index (χ0) is 23.0. The van der Waals surface area contributed by atoms with Crippen molar-refractivity contribution < 1.29 is 8.95 Å². The van der Waals surface area contributed by atoms with E-state index in [1.807, 2.05) is 55.5 Å². The minimum absolute atomic E-state index is 0.380. The largest absolute Gasteiger partial charge is 0.494 e. The summed E-state index contributed by atoms with van der Waals surface area (Å²) in [7, 11) is -2.18. The first-order valence-corrected chi connectivity index (χ1v) is 11.7. The van der Waals surface area contributed by atoms with E-state index in [9.17, 15) is 4.21 Å². The van der Waals surface area contributed by atoms with E-state index in [4.69, 9.17) is 9.52 Å². The summed E-state index contributed by atoms with van der Waals surface area (Å²) in [6.45, 7) is 3.05. The van der Waals surface area contributed by atoms with E-state index in [1.165, 1.54) is 0 Å². The number of thiol groups is 1. The Kier molecular flexibility index (Phi) is 7.11. The Balaban J connectivity index is 1.64. The van der Waals surface area contributed by atoms with Crippen LogP contribution in [0.25, 0.3) is 11.1 Å². The van der Waals surface area contributed by atoms with Crippen LogP contribution in [0.4, 0.5) is 17.5 Å². The second kappa shape index (κ2) is 10.6. The molecule has 0 saturated heterocycles. The van der Waals surface area contributed by atoms with Gasteiger partial charge in [0.15, 0.2) is 0 Å². The Bertz CT molecular complexity index is 1290. The maximum Gasteiger partial charge on any atom is 0.229 e. The van der Waals surface area contributed by atoms with E-state index in [0.717, 1.165) is 22.6 Å². The lowest BCUT2D eigenvalue weighted by atomic mass is 10.1. The van der Waals surface area contributed by atoms with E-state index in [0.29, 0.717) is 35.5 Å². The van der Waals surface area contributed by atoms with Crippen LogP contribution >= 0.6 is 0 Å². The van der Waals surface area contributed by atoms with Crippen LogP contribution in [0.2, 0.25) is 0 Å². The summed E-state index contributed by atoms with van der Waals surface area (Å²) in [6.07, 6.45) is 3.50. The predicted molar refractivity (Wildman–Crippen MR) is 130 cm³/mol. The number of benzene rings is 2. The number of anilines is 3. The third-order valence-corrected chi connectivity index (χ3v) is 5.51. The monoisotopic (exact) mass is 460 g/mol. The van der Waals surface area contributed by atoms with Gasteiger partial charge in [-0.1, -0.05) is 24.3 Å².